The van der Waals surface area contributed by atoms with Crippen LogP contribution >= 0.6 is 11.6 Å². The maximum atomic E-state index is 12.4. The number of anilines is 2. The van der Waals surface area contributed by atoms with Crippen LogP contribution in [0.25, 0.3) is 0 Å². The first-order chi connectivity index (χ1) is 10.1. The number of rotatable bonds is 3. The third kappa shape index (κ3) is 2.88. The first-order valence-electron chi connectivity index (χ1n) is 7.06. The summed E-state index contributed by atoms with van der Waals surface area (Å²) in [7, 11) is 0. The monoisotopic (exact) mass is 300 g/mol. The van der Waals surface area contributed by atoms with Crippen molar-refractivity contribution in [3.05, 3.63) is 59.1 Å². The fraction of sp³-hybridized carbons (Fsp3) is 0.235. The molecule has 0 radical (unpaired) electrons. The van der Waals surface area contributed by atoms with Gasteiger partial charge in [-0.1, -0.05) is 29.8 Å². The molecule has 0 aromatic heterocycles. The van der Waals surface area contributed by atoms with Gasteiger partial charge >= 0.3 is 0 Å². The van der Waals surface area contributed by atoms with Crippen molar-refractivity contribution in [1.82, 2.24) is 0 Å². The molecule has 0 saturated carbocycles. The Balaban J connectivity index is 1.72. The van der Waals surface area contributed by atoms with Gasteiger partial charge in [0.1, 0.15) is 6.04 Å². The zero-order valence-corrected chi connectivity index (χ0v) is 12.6. The summed E-state index contributed by atoms with van der Waals surface area (Å²) < 4.78 is 0. The summed E-state index contributed by atoms with van der Waals surface area (Å²) in [5.74, 6) is -0.00553. The van der Waals surface area contributed by atoms with Crippen molar-refractivity contribution in [1.29, 1.82) is 0 Å². The molecule has 0 aliphatic carbocycles. The summed E-state index contributed by atoms with van der Waals surface area (Å²) in [6.45, 7) is 2.82. The van der Waals surface area contributed by atoms with Crippen LogP contribution in [0.1, 0.15) is 12.5 Å². The SMILES string of the molecule is C[C@@H](C(=O)Nc1ccc(Cl)cc1)N1CCc2ccccc21. The Morgan fingerprint density at radius 3 is 2.67 bits per heavy atom. The Morgan fingerprint density at radius 2 is 1.90 bits per heavy atom. The van der Waals surface area contributed by atoms with E-state index in [2.05, 4.69) is 22.3 Å². The molecular weight excluding hydrogens is 284 g/mol. The Kier molecular flexibility index (Phi) is 3.84. The van der Waals surface area contributed by atoms with Gasteiger partial charge in [-0.05, 0) is 49.2 Å². The molecule has 0 spiro atoms. The number of hydrogen-bond acceptors (Lipinski definition) is 2. The summed E-state index contributed by atoms with van der Waals surface area (Å²) in [6.07, 6.45) is 0.995. The second kappa shape index (κ2) is 5.78. The largest absolute Gasteiger partial charge is 0.359 e. The van der Waals surface area contributed by atoms with E-state index < -0.39 is 0 Å². The lowest BCUT2D eigenvalue weighted by atomic mass is 10.1. The molecule has 21 heavy (non-hydrogen) atoms. The molecule has 1 aliphatic rings. The van der Waals surface area contributed by atoms with Crippen LogP contribution in [0.4, 0.5) is 11.4 Å². The number of amides is 1. The van der Waals surface area contributed by atoms with E-state index in [1.807, 2.05) is 31.2 Å². The lowest BCUT2D eigenvalue weighted by Gasteiger charge is -2.26. The molecule has 1 N–H and O–H groups in total. The van der Waals surface area contributed by atoms with Gasteiger partial charge in [0, 0.05) is 22.9 Å². The summed E-state index contributed by atoms with van der Waals surface area (Å²) in [5, 5.41) is 3.60. The highest BCUT2D eigenvalue weighted by Crippen LogP contribution is 2.29. The number of hydrogen-bond donors (Lipinski definition) is 1. The number of fused-ring (bicyclic) bond motifs is 1. The van der Waals surface area contributed by atoms with Crippen LogP contribution in [-0.4, -0.2) is 18.5 Å². The van der Waals surface area contributed by atoms with Gasteiger partial charge in [-0.25, -0.2) is 0 Å². The minimum Gasteiger partial charge on any atom is -0.359 e. The molecule has 1 heterocycles. The van der Waals surface area contributed by atoms with Crippen molar-refractivity contribution in [2.45, 2.75) is 19.4 Å². The minimum absolute atomic E-state index is 0.00553. The fourth-order valence-electron chi connectivity index (χ4n) is 2.69. The van der Waals surface area contributed by atoms with Crippen LogP contribution in [-0.2, 0) is 11.2 Å². The molecule has 1 amide bonds. The van der Waals surface area contributed by atoms with E-state index in [4.69, 9.17) is 11.6 Å². The maximum absolute atomic E-state index is 12.4. The summed E-state index contributed by atoms with van der Waals surface area (Å²) in [5.41, 5.74) is 3.24. The standard InChI is InChI=1S/C17H17ClN2O/c1-12(17(21)19-15-8-6-14(18)7-9-15)20-11-10-13-4-2-3-5-16(13)20/h2-9,12H,10-11H2,1H3,(H,19,21)/t12-/m0/s1. The van der Waals surface area contributed by atoms with Crippen LogP contribution < -0.4 is 10.2 Å². The van der Waals surface area contributed by atoms with E-state index >= 15 is 0 Å². The van der Waals surface area contributed by atoms with Gasteiger partial charge < -0.3 is 10.2 Å². The van der Waals surface area contributed by atoms with Crippen LogP contribution in [0, 0.1) is 0 Å². The van der Waals surface area contributed by atoms with Crippen molar-refractivity contribution < 1.29 is 4.79 Å². The highest BCUT2D eigenvalue weighted by Gasteiger charge is 2.27. The zero-order valence-electron chi connectivity index (χ0n) is 11.8. The van der Waals surface area contributed by atoms with Crippen molar-refractivity contribution >= 4 is 28.9 Å². The van der Waals surface area contributed by atoms with Gasteiger partial charge in [0.25, 0.3) is 0 Å². The lowest BCUT2D eigenvalue weighted by molar-refractivity contribution is -0.117. The molecule has 1 atom stereocenters. The topological polar surface area (TPSA) is 32.3 Å². The van der Waals surface area contributed by atoms with Crippen LogP contribution in [0.15, 0.2) is 48.5 Å². The number of halogens is 1. The van der Waals surface area contributed by atoms with E-state index in [1.54, 1.807) is 12.1 Å². The molecule has 3 nitrogen and oxygen atoms in total. The molecule has 108 valence electrons. The summed E-state index contributed by atoms with van der Waals surface area (Å²) in [6, 6.07) is 15.2. The average molecular weight is 301 g/mol. The summed E-state index contributed by atoms with van der Waals surface area (Å²) >= 11 is 5.85. The van der Waals surface area contributed by atoms with Gasteiger partial charge in [0.15, 0.2) is 0 Å². The number of nitrogens with zero attached hydrogens (tertiary/aromatic N) is 1. The predicted molar refractivity (Wildman–Crippen MR) is 87.0 cm³/mol. The Hall–Kier alpha value is -2.00. The van der Waals surface area contributed by atoms with Crippen molar-refractivity contribution in [2.75, 3.05) is 16.8 Å². The van der Waals surface area contributed by atoms with Crippen LogP contribution in [0.2, 0.25) is 5.02 Å². The molecule has 0 saturated heterocycles. The maximum Gasteiger partial charge on any atom is 0.246 e. The highest BCUT2D eigenvalue weighted by atomic mass is 35.5. The third-order valence-electron chi connectivity index (χ3n) is 3.88. The first-order valence-corrected chi connectivity index (χ1v) is 7.44. The van der Waals surface area contributed by atoms with E-state index in [0.717, 1.165) is 24.3 Å². The third-order valence-corrected chi connectivity index (χ3v) is 4.13. The zero-order chi connectivity index (χ0) is 14.8. The minimum atomic E-state index is -0.204. The van der Waals surface area contributed by atoms with E-state index in [1.165, 1.54) is 5.56 Å². The molecule has 4 heteroatoms. The van der Waals surface area contributed by atoms with Crippen molar-refractivity contribution in [3.63, 3.8) is 0 Å². The molecule has 2 aromatic carbocycles. The van der Waals surface area contributed by atoms with Crippen molar-refractivity contribution in [2.24, 2.45) is 0 Å². The second-order valence-electron chi connectivity index (χ2n) is 5.24. The number of carbonyl (C=O) groups is 1. The predicted octanol–water partition coefficient (Wildman–Crippen LogP) is 3.73. The molecule has 0 unspecified atom stereocenters. The normalized spacial score (nSPS) is 14.7. The van der Waals surface area contributed by atoms with Gasteiger partial charge in [-0.3, -0.25) is 4.79 Å². The smallest absolute Gasteiger partial charge is 0.246 e. The van der Waals surface area contributed by atoms with Gasteiger partial charge in [-0.2, -0.15) is 0 Å². The quantitative estimate of drug-likeness (QED) is 0.937. The molecule has 1 aliphatic heterocycles. The fourth-order valence-corrected chi connectivity index (χ4v) is 2.81. The van der Waals surface area contributed by atoms with Crippen LogP contribution in [0.5, 0.6) is 0 Å². The highest BCUT2D eigenvalue weighted by molar-refractivity contribution is 6.30. The molecule has 0 fully saturated rings. The Morgan fingerprint density at radius 1 is 1.19 bits per heavy atom. The number of benzene rings is 2. The van der Waals surface area contributed by atoms with E-state index in [0.29, 0.717) is 5.02 Å². The number of carbonyl (C=O) groups excluding carboxylic acids is 1. The van der Waals surface area contributed by atoms with Crippen molar-refractivity contribution in [3.8, 4) is 0 Å². The van der Waals surface area contributed by atoms with Gasteiger partial charge in [0.05, 0.1) is 0 Å². The second-order valence-corrected chi connectivity index (χ2v) is 5.68. The molecule has 3 rings (SSSR count). The Bertz CT molecular complexity index is 654. The number of nitrogens with one attached hydrogen (secondary N) is 1. The van der Waals surface area contributed by atoms with Gasteiger partial charge in [0.2, 0.25) is 5.91 Å². The van der Waals surface area contributed by atoms with E-state index in [9.17, 15) is 4.79 Å². The lowest BCUT2D eigenvalue weighted by Crippen LogP contribution is -2.41. The summed E-state index contributed by atoms with van der Waals surface area (Å²) in [4.78, 5) is 14.6. The average Bonchev–Trinajstić information content (AvgIpc) is 2.92. The first kappa shape index (κ1) is 14.0. The Labute approximate surface area is 129 Å². The molecule has 2 aromatic rings. The molecule has 0 bridgehead atoms. The van der Waals surface area contributed by atoms with E-state index in [-0.39, 0.29) is 11.9 Å². The van der Waals surface area contributed by atoms with Crippen LogP contribution in [0.3, 0.4) is 0 Å². The molecular formula is C17H17ClN2O. The number of para-hydroxylation sites is 1. The van der Waals surface area contributed by atoms with Gasteiger partial charge in [-0.15, -0.1) is 0 Å².